The van der Waals surface area contributed by atoms with E-state index in [-0.39, 0.29) is 5.75 Å². The van der Waals surface area contributed by atoms with E-state index in [1.807, 2.05) is 0 Å². The molecular formula is C11H12F2O3. The highest BCUT2D eigenvalue weighted by molar-refractivity contribution is 5.69. The highest BCUT2D eigenvalue weighted by Gasteiger charge is 2.11. The van der Waals surface area contributed by atoms with Crippen LogP contribution in [0.15, 0.2) is 24.3 Å². The third-order valence-electron chi connectivity index (χ3n) is 2.11. The quantitative estimate of drug-likeness (QED) is 0.845. The van der Waals surface area contributed by atoms with Crippen molar-refractivity contribution in [2.45, 2.75) is 20.0 Å². The molecule has 1 N–H and O–H groups in total. The Bertz CT molecular complexity index is 349. The molecule has 0 spiro atoms. The minimum absolute atomic E-state index is 0.0710. The van der Waals surface area contributed by atoms with Crippen molar-refractivity contribution in [1.82, 2.24) is 0 Å². The maximum absolute atomic E-state index is 11.8. The van der Waals surface area contributed by atoms with Gasteiger partial charge in [-0.15, -0.1) is 0 Å². The summed E-state index contributed by atoms with van der Waals surface area (Å²) in [6.07, 6.45) is 0.365. The Kier molecular flexibility index (Phi) is 4.22. The molecule has 0 saturated carbocycles. The first-order valence-corrected chi connectivity index (χ1v) is 4.75. The van der Waals surface area contributed by atoms with Crippen LogP contribution in [0.25, 0.3) is 0 Å². The van der Waals surface area contributed by atoms with Gasteiger partial charge in [-0.3, -0.25) is 4.79 Å². The van der Waals surface area contributed by atoms with Crippen molar-refractivity contribution in [2.24, 2.45) is 5.92 Å². The van der Waals surface area contributed by atoms with Crippen molar-refractivity contribution in [2.75, 3.05) is 0 Å². The minimum Gasteiger partial charge on any atom is -0.481 e. The zero-order chi connectivity index (χ0) is 12.1. The lowest BCUT2D eigenvalue weighted by molar-refractivity contribution is -0.141. The summed E-state index contributed by atoms with van der Waals surface area (Å²) < 4.78 is 27.8. The maximum Gasteiger partial charge on any atom is 0.387 e. The summed E-state index contributed by atoms with van der Waals surface area (Å²) in [7, 11) is 0. The average Bonchev–Trinajstić information content (AvgIpc) is 2.20. The molecule has 16 heavy (non-hydrogen) atoms. The van der Waals surface area contributed by atoms with Gasteiger partial charge in [0.1, 0.15) is 5.75 Å². The van der Waals surface area contributed by atoms with Gasteiger partial charge in [-0.1, -0.05) is 19.1 Å². The van der Waals surface area contributed by atoms with E-state index in [0.29, 0.717) is 6.42 Å². The van der Waals surface area contributed by atoms with Crippen LogP contribution in [0.3, 0.4) is 0 Å². The Balaban J connectivity index is 2.61. The molecule has 5 heteroatoms. The smallest absolute Gasteiger partial charge is 0.387 e. The van der Waals surface area contributed by atoms with Crippen LogP contribution < -0.4 is 4.74 Å². The molecule has 0 radical (unpaired) electrons. The third kappa shape index (κ3) is 3.84. The highest BCUT2D eigenvalue weighted by atomic mass is 19.3. The molecular weight excluding hydrogens is 218 g/mol. The molecule has 1 atom stereocenters. The maximum atomic E-state index is 11.8. The Morgan fingerprint density at radius 2 is 1.94 bits per heavy atom. The zero-order valence-electron chi connectivity index (χ0n) is 8.69. The summed E-state index contributed by atoms with van der Waals surface area (Å²) in [5.74, 6) is -1.31. The van der Waals surface area contributed by atoms with Crippen LogP contribution in [0.2, 0.25) is 0 Å². The van der Waals surface area contributed by atoms with Crippen molar-refractivity contribution < 1.29 is 23.4 Å². The van der Waals surface area contributed by atoms with Gasteiger partial charge in [0.15, 0.2) is 0 Å². The van der Waals surface area contributed by atoms with Crippen molar-refractivity contribution >= 4 is 5.97 Å². The Morgan fingerprint density at radius 1 is 1.38 bits per heavy atom. The van der Waals surface area contributed by atoms with Crippen LogP contribution >= 0.6 is 0 Å². The van der Waals surface area contributed by atoms with Gasteiger partial charge >= 0.3 is 12.6 Å². The van der Waals surface area contributed by atoms with E-state index in [0.717, 1.165) is 5.56 Å². The lowest BCUT2D eigenvalue weighted by Gasteiger charge is -2.08. The molecule has 0 bridgehead atoms. The fourth-order valence-corrected chi connectivity index (χ4v) is 1.25. The molecule has 0 saturated heterocycles. The van der Waals surface area contributed by atoms with Crippen molar-refractivity contribution in [3.8, 4) is 5.75 Å². The predicted octanol–water partition coefficient (Wildman–Crippen LogP) is 2.55. The molecule has 0 aliphatic carbocycles. The molecule has 0 aliphatic rings. The number of alkyl halides is 2. The molecule has 0 unspecified atom stereocenters. The van der Waals surface area contributed by atoms with Gasteiger partial charge in [-0.2, -0.15) is 8.78 Å². The lowest BCUT2D eigenvalue weighted by atomic mass is 10.0. The van der Waals surface area contributed by atoms with E-state index >= 15 is 0 Å². The van der Waals surface area contributed by atoms with Crippen molar-refractivity contribution in [3.05, 3.63) is 29.8 Å². The third-order valence-corrected chi connectivity index (χ3v) is 2.11. The van der Waals surface area contributed by atoms with Crippen molar-refractivity contribution in [3.63, 3.8) is 0 Å². The van der Waals surface area contributed by atoms with Gasteiger partial charge < -0.3 is 9.84 Å². The largest absolute Gasteiger partial charge is 0.481 e. The molecule has 1 aromatic carbocycles. The molecule has 88 valence electrons. The zero-order valence-corrected chi connectivity index (χ0v) is 8.69. The number of carboxylic acid groups (broad SMARTS) is 1. The summed E-state index contributed by atoms with van der Waals surface area (Å²) in [6.45, 7) is -1.25. The number of carbonyl (C=O) groups is 1. The van der Waals surface area contributed by atoms with Crippen LogP contribution in [0.4, 0.5) is 8.78 Å². The second-order valence-corrected chi connectivity index (χ2v) is 3.47. The van der Waals surface area contributed by atoms with Crippen LogP contribution in [0.5, 0.6) is 5.75 Å². The summed E-state index contributed by atoms with van der Waals surface area (Å²) in [4.78, 5) is 10.6. The molecule has 0 aliphatic heterocycles. The van der Waals surface area contributed by atoms with E-state index in [4.69, 9.17) is 5.11 Å². The fourth-order valence-electron chi connectivity index (χ4n) is 1.25. The van der Waals surface area contributed by atoms with Crippen LogP contribution in [0.1, 0.15) is 12.5 Å². The van der Waals surface area contributed by atoms with Crippen molar-refractivity contribution in [1.29, 1.82) is 0 Å². The van der Waals surface area contributed by atoms with E-state index in [2.05, 4.69) is 4.74 Å². The number of rotatable bonds is 5. The van der Waals surface area contributed by atoms with E-state index in [1.165, 1.54) is 12.1 Å². The molecule has 0 amide bonds. The summed E-state index contributed by atoms with van der Waals surface area (Å²) in [5, 5.41) is 8.69. The van der Waals surface area contributed by atoms with Gasteiger partial charge in [-0.05, 0) is 24.1 Å². The predicted molar refractivity (Wildman–Crippen MR) is 53.6 cm³/mol. The molecule has 0 heterocycles. The van der Waals surface area contributed by atoms with Crippen LogP contribution in [0, 0.1) is 5.92 Å². The second-order valence-electron chi connectivity index (χ2n) is 3.47. The topological polar surface area (TPSA) is 46.5 Å². The first-order valence-electron chi connectivity index (χ1n) is 4.75. The summed E-state index contributed by atoms with van der Waals surface area (Å²) >= 11 is 0. The normalized spacial score (nSPS) is 12.5. The monoisotopic (exact) mass is 230 g/mol. The molecule has 1 rings (SSSR count). The van der Waals surface area contributed by atoms with Gasteiger partial charge in [0.2, 0.25) is 0 Å². The number of ether oxygens (including phenoxy) is 1. The van der Waals surface area contributed by atoms with Gasteiger partial charge in [-0.25, -0.2) is 0 Å². The number of hydrogen-bond donors (Lipinski definition) is 1. The average molecular weight is 230 g/mol. The number of benzene rings is 1. The molecule has 0 fully saturated rings. The molecule has 3 nitrogen and oxygen atoms in total. The second kappa shape index (κ2) is 5.44. The first kappa shape index (κ1) is 12.4. The number of carboxylic acids is 1. The molecule has 0 aromatic heterocycles. The van der Waals surface area contributed by atoms with Gasteiger partial charge in [0.05, 0.1) is 5.92 Å². The van der Waals surface area contributed by atoms with Crippen LogP contribution in [-0.4, -0.2) is 17.7 Å². The Morgan fingerprint density at radius 3 is 2.38 bits per heavy atom. The molecule has 1 aromatic rings. The highest BCUT2D eigenvalue weighted by Crippen LogP contribution is 2.17. The number of aliphatic carboxylic acids is 1. The summed E-state index contributed by atoms with van der Waals surface area (Å²) in [6, 6.07) is 5.96. The van der Waals surface area contributed by atoms with E-state index in [1.54, 1.807) is 19.1 Å². The van der Waals surface area contributed by atoms with E-state index < -0.39 is 18.5 Å². The van der Waals surface area contributed by atoms with Gasteiger partial charge in [0, 0.05) is 0 Å². The van der Waals surface area contributed by atoms with E-state index in [9.17, 15) is 13.6 Å². The number of hydrogen-bond acceptors (Lipinski definition) is 2. The lowest BCUT2D eigenvalue weighted by Crippen LogP contribution is -2.12. The van der Waals surface area contributed by atoms with Gasteiger partial charge in [0.25, 0.3) is 0 Å². The summed E-state index contributed by atoms with van der Waals surface area (Å²) in [5.41, 5.74) is 0.775. The fraction of sp³-hybridized carbons (Fsp3) is 0.364. The number of halogens is 2. The minimum atomic E-state index is -2.84. The van der Waals surface area contributed by atoms with Crippen LogP contribution in [-0.2, 0) is 11.2 Å². The Hall–Kier alpha value is -1.65. The Labute approximate surface area is 91.7 Å². The first-order chi connectivity index (χ1) is 7.49. The standard InChI is InChI=1S/C11H12F2O3/c1-7(10(14)15)6-8-2-4-9(5-3-8)16-11(12)13/h2-5,7,11H,6H2,1H3,(H,14,15)/t7-/m0/s1. The SMILES string of the molecule is C[C@@H](Cc1ccc(OC(F)F)cc1)C(=O)O.